The van der Waals surface area contributed by atoms with Gasteiger partial charge in [-0.05, 0) is 40.9 Å². The van der Waals surface area contributed by atoms with Crippen LogP contribution in [0.3, 0.4) is 0 Å². The minimum absolute atomic E-state index is 0.0266. The highest BCUT2D eigenvalue weighted by molar-refractivity contribution is 5.82. The maximum Gasteiger partial charge on any atom is 0.155 e. The number of rotatable bonds is 11. The van der Waals surface area contributed by atoms with Gasteiger partial charge in [-0.15, -0.1) is 0 Å². The number of hydrogen-bond donors (Lipinski definition) is 1. The van der Waals surface area contributed by atoms with Gasteiger partial charge in [0.05, 0.1) is 44.9 Å². The predicted molar refractivity (Wildman–Crippen MR) is 141 cm³/mol. The van der Waals surface area contributed by atoms with Crippen molar-refractivity contribution in [3.63, 3.8) is 0 Å². The molecule has 1 N–H and O–H groups in total. The lowest BCUT2D eigenvalue weighted by Gasteiger charge is -2.31. The maximum atomic E-state index is 6.36. The van der Waals surface area contributed by atoms with E-state index in [-0.39, 0.29) is 12.0 Å². The quantitative estimate of drug-likeness (QED) is 0.293. The van der Waals surface area contributed by atoms with Gasteiger partial charge < -0.3 is 19.5 Å². The van der Waals surface area contributed by atoms with Crippen molar-refractivity contribution < 1.29 is 14.2 Å². The Morgan fingerprint density at radius 2 is 1.61 bits per heavy atom. The summed E-state index contributed by atoms with van der Waals surface area (Å²) in [5, 5.41) is 5.93. The Labute approximate surface area is 212 Å². The molecule has 186 valence electrons. The number of aromatic nitrogens is 2. The summed E-state index contributed by atoms with van der Waals surface area (Å²) in [6.07, 6.45) is 5.33. The molecule has 1 aliphatic rings. The van der Waals surface area contributed by atoms with Crippen molar-refractivity contribution in [2.45, 2.75) is 38.1 Å². The topological polar surface area (TPSA) is 65.5 Å². The van der Waals surface area contributed by atoms with Crippen molar-refractivity contribution in [3.05, 3.63) is 102 Å². The highest BCUT2D eigenvalue weighted by Gasteiger charge is 2.29. The second-order valence-electron chi connectivity index (χ2n) is 9.15. The van der Waals surface area contributed by atoms with Crippen molar-refractivity contribution in [2.75, 3.05) is 26.3 Å². The summed E-state index contributed by atoms with van der Waals surface area (Å²) in [6.45, 7) is 4.15. The standard InChI is InChI=1S/C30H33N3O3/c1-2-7-23(8-3-1)21-34-15-6-16-35-27-18-32-30(33-19-27)28-13-14-31-20-29(28)36-22-24-11-12-25-9-4-5-10-26(25)17-24/h1-5,7-12,17-19,28-29,31H,6,13-16,20-22H2. The molecule has 1 saturated heterocycles. The molecule has 5 rings (SSSR count). The molecule has 2 heterocycles. The van der Waals surface area contributed by atoms with Crippen LogP contribution in [0.5, 0.6) is 5.75 Å². The van der Waals surface area contributed by atoms with Crippen LogP contribution >= 0.6 is 0 Å². The smallest absolute Gasteiger partial charge is 0.155 e. The fraction of sp³-hybridized carbons (Fsp3) is 0.333. The van der Waals surface area contributed by atoms with Gasteiger partial charge in [-0.3, -0.25) is 0 Å². The molecule has 2 unspecified atom stereocenters. The van der Waals surface area contributed by atoms with Crippen molar-refractivity contribution >= 4 is 10.8 Å². The highest BCUT2D eigenvalue weighted by Crippen LogP contribution is 2.27. The number of benzene rings is 3. The molecule has 6 heteroatoms. The first-order valence-electron chi connectivity index (χ1n) is 12.7. The van der Waals surface area contributed by atoms with Crippen LogP contribution in [0.4, 0.5) is 0 Å². The Kier molecular flexibility index (Phi) is 8.52. The fourth-order valence-electron chi connectivity index (χ4n) is 4.54. The largest absolute Gasteiger partial charge is 0.490 e. The van der Waals surface area contributed by atoms with Crippen molar-refractivity contribution in [1.82, 2.24) is 15.3 Å². The molecular weight excluding hydrogens is 450 g/mol. The van der Waals surface area contributed by atoms with Crippen LogP contribution in [0.2, 0.25) is 0 Å². The molecule has 0 bridgehead atoms. The van der Waals surface area contributed by atoms with Crippen molar-refractivity contribution in [3.8, 4) is 5.75 Å². The van der Waals surface area contributed by atoms with Crippen LogP contribution in [-0.4, -0.2) is 42.4 Å². The molecule has 1 aromatic heterocycles. The van der Waals surface area contributed by atoms with E-state index in [4.69, 9.17) is 14.2 Å². The Hall–Kier alpha value is -3.32. The zero-order valence-corrected chi connectivity index (χ0v) is 20.5. The lowest BCUT2D eigenvalue weighted by Crippen LogP contribution is -2.41. The second-order valence-corrected chi connectivity index (χ2v) is 9.15. The van der Waals surface area contributed by atoms with E-state index in [1.165, 1.54) is 21.9 Å². The number of ether oxygens (including phenoxy) is 3. The van der Waals surface area contributed by atoms with Gasteiger partial charge in [-0.2, -0.15) is 0 Å². The lowest BCUT2D eigenvalue weighted by atomic mass is 9.94. The van der Waals surface area contributed by atoms with Crippen LogP contribution in [0, 0.1) is 0 Å². The molecular formula is C30H33N3O3. The van der Waals surface area contributed by atoms with Gasteiger partial charge >= 0.3 is 0 Å². The normalized spacial score (nSPS) is 17.8. The van der Waals surface area contributed by atoms with Gasteiger partial charge in [0.25, 0.3) is 0 Å². The van der Waals surface area contributed by atoms with Crippen LogP contribution < -0.4 is 10.1 Å². The number of nitrogens with one attached hydrogen (secondary N) is 1. The molecule has 0 amide bonds. The summed E-state index contributed by atoms with van der Waals surface area (Å²) in [5.74, 6) is 1.66. The molecule has 3 aromatic carbocycles. The maximum absolute atomic E-state index is 6.36. The lowest BCUT2D eigenvalue weighted by molar-refractivity contribution is 0.00865. The van der Waals surface area contributed by atoms with Crippen molar-refractivity contribution in [1.29, 1.82) is 0 Å². The van der Waals surface area contributed by atoms with Gasteiger partial charge in [0.2, 0.25) is 0 Å². The van der Waals surface area contributed by atoms with Gasteiger partial charge in [0.1, 0.15) is 5.82 Å². The van der Waals surface area contributed by atoms with E-state index in [1.807, 2.05) is 18.2 Å². The first-order chi connectivity index (χ1) is 17.8. The average Bonchev–Trinajstić information content (AvgIpc) is 2.95. The molecule has 0 aliphatic carbocycles. The number of piperidine rings is 1. The minimum atomic E-state index is 0.0266. The third-order valence-corrected chi connectivity index (χ3v) is 6.50. The summed E-state index contributed by atoms with van der Waals surface area (Å²) < 4.78 is 17.9. The SMILES string of the molecule is c1ccc(COCCCOc2cnc(C3CCNCC3OCc3ccc4ccccc4c3)nc2)cc1. The molecule has 1 aliphatic heterocycles. The number of nitrogens with zero attached hydrogens (tertiary/aromatic N) is 2. The predicted octanol–water partition coefficient (Wildman–Crippen LogP) is 5.28. The van der Waals surface area contributed by atoms with Crippen LogP contribution in [0.15, 0.2) is 85.2 Å². The number of fused-ring (bicyclic) bond motifs is 1. The fourth-order valence-corrected chi connectivity index (χ4v) is 4.54. The Balaban J connectivity index is 1.09. The first-order valence-corrected chi connectivity index (χ1v) is 12.7. The summed E-state index contributed by atoms with van der Waals surface area (Å²) >= 11 is 0. The van der Waals surface area contributed by atoms with Gasteiger partial charge in [0, 0.05) is 18.9 Å². The average molecular weight is 484 g/mol. The molecule has 36 heavy (non-hydrogen) atoms. The third-order valence-electron chi connectivity index (χ3n) is 6.50. The Morgan fingerprint density at radius 1 is 0.806 bits per heavy atom. The zero-order valence-electron chi connectivity index (χ0n) is 20.5. The zero-order chi connectivity index (χ0) is 24.4. The Bertz CT molecular complexity index is 1220. The van der Waals surface area contributed by atoms with Crippen molar-refractivity contribution in [2.24, 2.45) is 0 Å². The molecule has 0 radical (unpaired) electrons. The van der Waals surface area contributed by atoms with Gasteiger partial charge in [0.15, 0.2) is 5.75 Å². The van der Waals surface area contributed by atoms with E-state index in [2.05, 4.69) is 69.9 Å². The van der Waals surface area contributed by atoms with E-state index in [1.54, 1.807) is 12.4 Å². The summed E-state index contributed by atoms with van der Waals surface area (Å²) in [6, 6.07) is 25.1. The molecule has 0 spiro atoms. The van der Waals surface area contributed by atoms with Crippen LogP contribution in [0.25, 0.3) is 10.8 Å². The van der Waals surface area contributed by atoms with Gasteiger partial charge in [-0.25, -0.2) is 9.97 Å². The van der Waals surface area contributed by atoms with Crippen LogP contribution in [-0.2, 0) is 22.7 Å². The summed E-state index contributed by atoms with van der Waals surface area (Å²) in [5.41, 5.74) is 2.36. The molecule has 1 fully saturated rings. The highest BCUT2D eigenvalue weighted by atomic mass is 16.5. The van der Waals surface area contributed by atoms with E-state index in [9.17, 15) is 0 Å². The summed E-state index contributed by atoms with van der Waals surface area (Å²) in [4.78, 5) is 9.26. The van der Waals surface area contributed by atoms with E-state index >= 15 is 0 Å². The minimum Gasteiger partial charge on any atom is -0.490 e. The molecule has 6 nitrogen and oxygen atoms in total. The molecule has 2 atom stereocenters. The third kappa shape index (κ3) is 6.66. The monoisotopic (exact) mass is 483 g/mol. The van der Waals surface area contributed by atoms with Gasteiger partial charge in [-0.1, -0.05) is 66.7 Å². The number of hydrogen-bond acceptors (Lipinski definition) is 6. The summed E-state index contributed by atoms with van der Waals surface area (Å²) in [7, 11) is 0. The van der Waals surface area contributed by atoms with Crippen LogP contribution in [0.1, 0.15) is 35.7 Å². The molecule has 4 aromatic rings. The van der Waals surface area contributed by atoms with E-state index < -0.39 is 0 Å². The second kappa shape index (κ2) is 12.6. The Morgan fingerprint density at radius 3 is 2.47 bits per heavy atom. The van der Waals surface area contributed by atoms with E-state index in [0.717, 1.165) is 31.8 Å². The van der Waals surface area contributed by atoms with E-state index in [0.29, 0.717) is 32.2 Å². The first kappa shape index (κ1) is 24.4. The molecule has 0 saturated carbocycles.